The van der Waals surface area contributed by atoms with E-state index in [0.717, 1.165) is 53.6 Å². The molecule has 0 aliphatic carbocycles. The van der Waals surface area contributed by atoms with Gasteiger partial charge >= 0.3 is 0 Å². The number of carbonyl (C=O) groups is 1. The van der Waals surface area contributed by atoms with Gasteiger partial charge in [-0.15, -0.1) is 11.3 Å². The molecule has 1 aliphatic rings. The van der Waals surface area contributed by atoms with Gasteiger partial charge in [0.05, 0.1) is 17.7 Å². The number of piperidine rings is 1. The Balaban J connectivity index is 1.38. The van der Waals surface area contributed by atoms with Crippen LogP contribution >= 0.6 is 23.6 Å². The van der Waals surface area contributed by atoms with Crippen LogP contribution in [-0.2, 0) is 4.79 Å². The maximum Gasteiger partial charge on any atom is 0.238 e. The number of benzene rings is 1. The number of anilines is 3. The zero-order valence-corrected chi connectivity index (χ0v) is 19.2. The van der Waals surface area contributed by atoms with E-state index in [9.17, 15) is 4.79 Å². The molecule has 0 atom stereocenters. The molecule has 0 saturated carbocycles. The Bertz CT molecular complexity index is 1120. The van der Waals surface area contributed by atoms with E-state index < -0.39 is 0 Å². The Morgan fingerprint density at radius 2 is 2.12 bits per heavy atom. The number of nitrogens with zero attached hydrogens (tertiary/aromatic N) is 5. The summed E-state index contributed by atoms with van der Waals surface area (Å²) in [7, 11) is 0. The predicted octanol–water partition coefficient (Wildman–Crippen LogP) is 4.16. The predicted molar refractivity (Wildman–Crippen MR) is 131 cm³/mol. The van der Waals surface area contributed by atoms with Crippen LogP contribution in [0, 0.1) is 6.92 Å². The molecule has 3 heterocycles. The average molecular weight is 466 g/mol. The quantitative estimate of drug-likeness (QED) is 0.400. The number of likely N-dealkylation sites (tertiary alicyclic amines) is 1. The van der Waals surface area contributed by atoms with E-state index in [1.807, 2.05) is 36.6 Å². The standard InChI is InChI=1S/C22H23N7OS2/c1-15-2-3-17(26-20(30)13-29-9-5-16(6-10-29)25-14-31)12-19(15)28-22-24-7-4-18(27-22)21-23-8-11-32-21/h2-4,7-8,11-12,16H,5-6,9-10,13H2,1H3,(H,26,30)(H,24,27,28). The van der Waals surface area contributed by atoms with E-state index in [2.05, 4.69) is 52.9 Å². The highest BCUT2D eigenvalue weighted by atomic mass is 32.1. The lowest BCUT2D eigenvalue weighted by Gasteiger charge is -2.29. The minimum atomic E-state index is -0.0430. The molecule has 1 fully saturated rings. The summed E-state index contributed by atoms with van der Waals surface area (Å²) in [4.78, 5) is 32.0. The van der Waals surface area contributed by atoms with Gasteiger partial charge in [0, 0.05) is 42.2 Å². The minimum Gasteiger partial charge on any atom is -0.325 e. The van der Waals surface area contributed by atoms with E-state index in [1.165, 1.54) is 11.3 Å². The monoisotopic (exact) mass is 465 g/mol. The fourth-order valence-electron chi connectivity index (χ4n) is 3.53. The van der Waals surface area contributed by atoms with Crippen LogP contribution < -0.4 is 10.6 Å². The first-order chi connectivity index (χ1) is 15.6. The molecule has 2 aromatic heterocycles. The van der Waals surface area contributed by atoms with Gasteiger partial charge in [0.15, 0.2) is 0 Å². The van der Waals surface area contributed by atoms with Crippen molar-refractivity contribution in [2.45, 2.75) is 25.8 Å². The Kier molecular flexibility index (Phi) is 7.28. The van der Waals surface area contributed by atoms with Crippen molar-refractivity contribution in [2.24, 2.45) is 4.99 Å². The Morgan fingerprint density at radius 3 is 2.88 bits per heavy atom. The van der Waals surface area contributed by atoms with Gasteiger partial charge in [0.2, 0.25) is 11.9 Å². The highest BCUT2D eigenvalue weighted by Crippen LogP contribution is 2.25. The summed E-state index contributed by atoms with van der Waals surface area (Å²) in [5.74, 6) is 0.435. The number of aliphatic imine (C=N–C) groups is 1. The van der Waals surface area contributed by atoms with E-state index >= 15 is 0 Å². The Morgan fingerprint density at radius 1 is 1.28 bits per heavy atom. The van der Waals surface area contributed by atoms with Gasteiger partial charge in [0.1, 0.15) is 10.7 Å². The molecule has 32 heavy (non-hydrogen) atoms. The summed E-state index contributed by atoms with van der Waals surface area (Å²) < 4.78 is 0. The van der Waals surface area contributed by atoms with Crippen LogP contribution in [0.2, 0.25) is 0 Å². The fraction of sp³-hybridized carbons (Fsp3) is 0.318. The lowest BCUT2D eigenvalue weighted by Crippen LogP contribution is -2.40. The number of isothiocyanates is 1. The SMILES string of the molecule is Cc1ccc(NC(=O)CN2CCC(N=C=S)CC2)cc1Nc1nccc(-c2nccs2)n1. The van der Waals surface area contributed by atoms with Crippen LogP contribution in [-0.4, -0.2) is 56.6 Å². The number of thiocarbonyl (C=S) groups is 1. The zero-order chi connectivity index (χ0) is 22.3. The smallest absolute Gasteiger partial charge is 0.238 e. The van der Waals surface area contributed by atoms with Gasteiger partial charge in [-0.3, -0.25) is 9.69 Å². The average Bonchev–Trinajstić information content (AvgIpc) is 3.33. The summed E-state index contributed by atoms with van der Waals surface area (Å²) in [6.45, 7) is 3.99. The van der Waals surface area contributed by atoms with Crippen LogP contribution in [0.15, 0.2) is 47.0 Å². The molecule has 2 N–H and O–H groups in total. The summed E-state index contributed by atoms with van der Waals surface area (Å²) in [5, 5.41) is 11.5. The highest BCUT2D eigenvalue weighted by molar-refractivity contribution is 7.78. The largest absolute Gasteiger partial charge is 0.325 e. The zero-order valence-electron chi connectivity index (χ0n) is 17.6. The van der Waals surface area contributed by atoms with Crippen molar-refractivity contribution < 1.29 is 4.79 Å². The first kappa shape index (κ1) is 22.2. The fourth-order valence-corrected chi connectivity index (χ4v) is 4.28. The molecular formula is C22H23N7OS2. The first-order valence-electron chi connectivity index (χ1n) is 10.3. The third kappa shape index (κ3) is 5.80. The number of nitrogens with one attached hydrogen (secondary N) is 2. The van der Waals surface area contributed by atoms with E-state index in [-0.39, 0.29) is 11.9 Å². The Labute approximate surface area is 195 Å². The lowest BCUT2D eigenvalue weighted by molar-refractivity contribution is -0.117. The van der Waals surface area contributed by atoms with Crippen LogP contribution in [0.1, 0.15) is 18.4 Å². The molecule has 0 unspecified atom stereocenters. The molecule has 10 heteroatoms. The number of hydrogen-bond donors (Lipinski definition) is 2. The van der Waals surface area contributed by atoms with Crippen molar-refractivity contribution in [3.05, 3.63) is 47.6 Å². The molecule has 1 saturated heterocycles. The number of amides is 1. The topological polar surface area (TPSA) is 95.4 Å². The maximum absolute atomic E-state index is 12.6. The second kappa shape index (κ2) is 10.5. The molecule has 0 spiro atoms. The molecule has 4 rings (SSSR count). The van der Waals surface area contributed by atoms with Gasteiger partial charge in [-0.25, -0.2) is 19.9 Å². The Hall–Kier alpha value is -3.04. The maximum atomic E-state index is 12.6. The summed E-state index contributed by atoms with van der Waals surface area (Å²) in [6.07, 6.45) is 5.25. The van der Waals surface area contributed by atoms with Crippen molar-refractivity contribution >= 4 is 51.9 Å². The number of thiazole rings is 1. The van der Waals surface area contributed by atoms with Crippen LogP contribution in [0.4, 0.5) is 17.3 Å². The van der Waals surface area contributed by atoms with Crippen LogP contribution in [0.3, 0.4) is 0 Å². The molecule has 1 amide bonds. The van der Waals surface area contributed by atoms with Crippen LogP contribution in [0.5, 0.6) is 0 Å². The number of aryl methyl sites for hydroxylation is 1. The molecule has 3 aromatic rings. The van der Waals surface area contributed by atoms with Gasteiger partial charge in [0.25, 0.3) is 0 Å². The summed E-state index contributed by atoms with van der Waals surface area (Å²) in [5.41, 5.74) is 3.34. The molecule has 0 bridgehead atoms. The molecular weight excluding hydrogens is 442 g/mol. The van der Waals surface area contributed by atoms with Crippen molar-refractivity contribution in [3.63, 3.8) is 0 Å². The number of aromatic nitrogens is 3. The molecule has 1 aromatic carbocycles. The van der Waals surface area contributed by atoms with E-state index in [4.69, 9.17) is 0 Å². The highest BCUT2D eigenvalue weighted by Gasteiger charge is 2.20. The summed E-state index contributed by atoms with van der Waals surface area (Å²) >= 11 is 6.21. The third-order valence-corrected chi connectivity index (χ3v) is 6.14. The second-order valence-corrected chi connectivity index (χ2v) is 8.61. The number of carbonyl (C=O) groups excluding carboxylic acids is 1. The molecule has 8 nitrogen and oxygen atoms in total. The number of hydrogen-bond acceptors (Lipinski definition) is 9. The van der Waals surface area contributed by atoms with Crippen molar-refractivity contribution in [1.82, 2.24) is 19.9 Å². The van der Waals surface area contributed by atoms with Gasteiger partial charge < -0.3 is 10.6 Å². The van der Waals surface area contributed by atoms with Crippen molar-refractivity contribution in [2.75, 3.05) is 30.3 Å². The van der Waals surface area contributed by atoms with Gasteiger partial charge in [-0.05, 0) is 55.7 Å². The first-order valence-corrected chi connectivity index (χ1v) is 11.6. The van der Waals surface area contributed by atoms with Gasteiger partial charge in [-0.2, -0.15) is 0 Å². The third-order valence-electron chi connectivity index (χ3n) is 5.23. The summed E-state index contributed by atoms with van der Waals surface area (Å²) in [6, 6.07) is 7.81. The normalized spacial score (nSPS) is 14.5. The molecule has 164 valence electrons. The van der Waals surface area contributed by atoms with Crippen molar-refractivity contribution in [3.8, 4) is 10.7 Å². The molecule has 0 radical (unpaired) electrons. The minimum absolute atomic E-state index is 0.0430. The van der Waals surface area contributed by atoms with Crippen molar-refractivity contribution in [1.29, 1.82) is 0 Å². The van der Waals surface area contributed by atoms with Crippen LogP contribution in [0.25, 0.3) is 10.7 Å². The van der Waals surface area contributed by atoms with E-state index in [1.54, 1.807) is 12.4 Å². The van der Waals surface area contributed by atoms with Gasteiger partial charge in [-0.1, -0.05) is 6.07 Å². The number of rotatable bonds is 7. The molecule has 1 aliphatic heterocycles. The lowest BCUT2D eigenvalue weighted by atomic mass is 10.1. The second-order valence-electron chi connectivity index (χ2n) is 7.53. The van der Waals surface area contributed by atoms with E-state index in [0.29, 0.717) is 12.5 Å².